The largest absolute Gasteiger partial charge is 0.408 e. The van der Waals surface area contributed by atoms with E-state index in [1.807, 2.05) is 12.1 Å². The van der Waals surface area contributed by atoms with E-state index in [0.29, 0.717) is 35.0 Å². The Morgan fingerprint density at radius 2 is 1.67 bits per heavy atom. The van der Waals surface area contributed by atoms with Gasteiger partial charge in [0.2, 0.25) is 8.32 Å². The Balaban J connectivity index is 2.04. The van der Waals surface area contributed by atoms with Crippen molar-refractivity contribution in [3.8, 4) is 0 Å². The van der Waals surface area contributed by atoms with Gasteiger partial charge in [0.15, 0.2) is 5.78 Å². The predicted octanol–water partition coefficient (Wildman–Crippen LogP) is 7.21. The molecule has 0 saturated heterocycles. The highest BCUT2D eigenvalue weighted by atomic mass is 28.4. The second-order valence-electron chi connectivity index (χ2n) is 9.41. The van der Waals surface area contributed by atoms with Gasteiger partial charge in [0.25, 0.3) is 0 Å². The van der Waals surface area contributed by atoms with Crippen LogP contribution in [0.15, 0.2) is 42.6 Å². The number of halogens is 1. The lowest BCUT2D eigenvalue weighted by atomic mass is 9.89. The molecule has 0 fully saturated rings. The van der Waals surface area contributed by atoms with Gasteiger partial charge in [-0.05, 0) is 59.3 Å². The fraction of sp³-hybridized carbons (Fsp3) is 0.520. The highest BCUT2D eigenvalue weighted by Crippen LogP contribution is 2.47. The van der Waals surface area contributed by atoms with Gasteiger partial charge in [-0.25, -0.2) is 4.39 Å². The number of pyridine rings is 1. The number of ketones is 1. The standard InChI is InChI=1S/C25H34FNO2Si/c1-16(2)30(17(3)4,18(5)6)29-23-13-12-21(19-9-7-10-20(26)15-19)25(28)22-11-8-14-27-24(22)23/h7-11,14-18,21,23H,12-13H2,1-6H3/t21-,23+/m0/s1. The number of rotatable bonds is 6. The van der Waals surface area contributed by atoms with Gasteiger partial charge in [0.1, 0.15) is 5.82 Å². The maximum Gasteiger partial charge on any atom is 0.201 e. The Morgan fingerprint density at radius 1 is 1.00 bits per heavy atom. The van der Waals surface area contributed by atoms with Gasteiger partial charge in [0.05, 0.1) is 11.8 Å². The zero-order chi connectivity index (χ0) is 22.1. The van der Waals surface area contributed by atoms with Crippen molar-refractivity contribution in [3.05, 3.63) is 65.2 Å². The van der Waals surface area contributed by atoms with E-state index < -0.39 is 8.32 Å². The Kier molecular flexibility index (Phi) is 6.93. The van der Waals surface area contributed by atoms with E-state index in [-0.39, 0.29) is 23.6 Å². The summed E-state index contributed by atoms with van der Waals surface area (Å²) in [7, 11) is -2.15. The van der Waals surface area contributed by atoms with Crippen molar-refractivity contribution in [1.29, 1.82) is 0 Å². The highest BCUT2D eigenvalue weighted by molar-refractivity contribution is 6.77. The molecule has 0 radical (unpaired) electrons. The molecular weight excluding hydrogens is 393 g/mol. The van der Waals surface area contributed by atoms with Crippen LogP contribution in [0.25, 0.3) is 0 Å². The predicted molar refractivity (Wildman–Crippen MR) is 122 cm³/mol. The molecule has 0 N–H and O–H groups in total. The number of carbonyl (C=O) groups is 1. The summed E-state index contributed by atoms with van der Waals surface area (Å²) in [6.07, 6.45) is 2.87. The normalized spacial score (nSPS) is 20.0. The summed E-state index contributed by atoms with van der Waals surface area (Å²) >= 11 is 0. The molecule has 0 saturated carbocycles. The molecule has 3 rings (SSSR count). The van der Waals surface area contributed by atoms with Gasteiger partial charge in [-0.2, -0.15) is 0 Å². The molecule has 0 spiro atoms. The van der Waals surface area contributed by atoms with Crippen LogP contribution in [0.2, 0.25) is 16.6 Å². The molecular formula is C25H34FNO2Si. The molecule has 1 aliphatic rings. The minimum absolute atomic E-state index is 0.0145. The fourth-order valence-electron chi connectivity index (χ4n) is 5.47. The Hall–Kier alpha value is -1.85. The first-order valence-electron chi connectivity index (χ1n) is 11.1. The molecule has 0 amide bonds. The summed E-state index contributed by atoms with van der Waals surface area (Å²) < 4.78 is 20.9. The van der Waals surface area contributed by atoms with Crippen molar-refractivity contribution < 1.29 is 13.6 Å². The lowest BCUT2D eigenvalue weighted by Gasteiger charge is -2.44. The molecule has 1 aromatic heterocycles. The number of hydrogen-bond acceptors (Lipinski definition) is 3. The summed E-state index contributed by atoms with van der Waals surface area (Å²) in [5, 5.41) is 0. The van der Waals surface area contributed by atoms with Gasteiger partial charge in [-0.1, -0.05) is 53.7 Å². The van der Waals surface area contributed by atoms with Crippen LogP contribution in [0, 0.1) is 5.82 Å². The summed E-state index contributed by atoms with van der Waals surface area (Å²) in [4.78, 5) is 18.1. The van der Waals surface area contributed by atoms with Crippen LogP contribution in [0.5, 0.6) is 0 Å². The number of hydrogen-bond donors (Lipinski definition) is 0. The third kappa shape index (κ3) is 4.15. The Labute approximate surface area is 181 Å². The second kappa shape index (κ2) is 9.11. The first-order chi connectivity index (χ1) is 14.2. The molecule has 5 heteroatoms. The third-order valence-electron chi connectivity index (χ3n) is 6.75. The number of nitrogens with zero attached hydrogens (tertiary/aromatic N) is 1. The van der Waals surface area contributed by atoms with Crippen LogP contribution in [0.1, 0.15) is 88.0 Å². The molecule has 0 aliphatic heterocycles. The molecule has 0 bridgehead atoms. The van der Waals surface area contributed by atoms with Gasteiger partial charge in [-0.3, -0.25) is 9.78 Å². The average Bonchev–Trinajstić information content (AvgIpc) is 2.82. The molecule has 0 unspecified atom stereocenters. The lowest BCUT2D eigenvalue weighted by Crippen LogP contribution is -2.48. The lowest BCUT2D eigenvalue weighted by molar-refractivity contribution is 0.0956. The number of benzene rings is 1. The smallest absolute Gasteiger partial charge is 0.201 e. The van der Waals surface area contributed by atoms with Crippen molar-refractivity contribution in [2.75, 3.05) is 0 Å². The first kappa shape index (κ1) is 22.8. The molecule has 3 nitrogen and oxygen atoms in total. The van der Waals surface area contributed by atoms with Gasteiger partial charge >= 0.3 is 0 Å². The van der Waals surface area contributed by atoms with Gasteiger partial charge < -0.3 is 4.43 Å². The Morgan fingerprint density at radius 3 is 2.27 bits per heavy atom. The molecule has 2 aromatic rings. The van der Waals surface area contributed by atoms with Crippen molar-refractivity contribution >= 4 is 14.1 Å². The number of fused-ring (bicyclic) bond motifs is 1. The topological polar surface area (TPSA) is 39.2 Å². The Bertz CT molecular complexity index is 874. The average molecular weight is 428 g/mol. The van der Waals surface area contributed by atoms with E-state index in [0.717, 1.165) is 11.3 Å². The quantitative estimate of drug-likeness (QED) is 0.361. The number of Topliss-reactive ketones (excluding diaryl/α,β-unsaturated/α-hetero) is 1. The van der Waals surface area contributed by atoms with Crippen LogP contribution >= 0.6 is 0 Å². The fourth-order valence-corrected chi connectivity index (χ4v) is 11.0. The van der Waals surface area contributed by atoms with Gasteiger partial charge in [-0.15, -0.1) is 0 Å². The minimum atomic E-state index is -2.15. The van der Waals surface area contributed by atoms with E-state index >= 15 is 0 Å². The summed E-state index contributed by atoms with van der Waals surface area (Å²) in [6, 6.07) is 10.1. The molecule has 2 atom stereocenters. The van der Waals surface area contributed by atoms with Crippen molar-refractivity contribution in [2.24, 2.45) is 0 Å². The van der Waals surface area contributed by atoms with Gasteiger partial charge in [0, 0.05) is 17.7 Å². The summed E-state index contributed by atoms with van der Waals surface area (Å²) in [5.74, 6) is -0.666. The number of aromatic nitrogens is 1. The molecule has 162 valence electrons. The van der Waals surface area contributed by atoms with Crippen LogP contribution in [0.3, 0.4) is 0 Å². The summed E-state index contributed by atoms with van der Waals surface area (Å²) in [5.41, 5.74) is 3.44. The van der Waals surface area contributed by atoms with E-state index in [1.165, 1.54) is 12.1 Å². The zero-order valence-corrected chi connectivity index (χ0v) is 20.0. The van der Waals surface area contributed by atoms with Crippen molar-refractivity contribution in [3.63, 3.8) is 0 Å². The van der Waals surface area contributed by atoms with Crippen LogP contribution in [0.4, 0.5) is 4.39 Å². The van der Waals surface area contributed by atoms with E-state index in [9.17, 15) is 9.18 Å². The maximum absolute atomic E-state index is 13.9. The summed E-state index contributed by atoms with van der Waals surface area (Å²) in [6.45, 7) is 13.6. The van der Waals surface area contributed by atoms with E-state index in [1.54, 1.807) is 18.3 Å². The van der Waals surface area contributed by atoms with Crippen molar-refractivity contribution in [2.45, 2.75) is 83.0 Å². The van der Waals surface area contributed by atoms with Crippen LogP contribution < -0.4 is 0 Å². The van der Waals surface area contributed by atoms with E-state index in [2.05, 4.69) is 46.5 Å². The van der Waals surface area contributed by atoms with Crippen LogP contribution in [-0.4, -0.2) is 19.1 Å². The third-order valence-corrected chi connectivity index (χ3v) is 12.9. The first-order valence-corrected chi connectivity index (χ1v) is 13.2. The SMILES string of the molecule is CC(C)[Si](O[C@@H]1CC[C@@H](c2cccc(F)c2)C(=O)c2cccnc21)(C(C)C)C(C)C. The minimum Gasteiger partial charge on any atom is -0.408 e. The molecule has 30 heavy (non-hydrogen) atoms. The molecule has 1 aromatic carbocycles. The highest BCUT2D eigenvalue weighted by Gasteiger charge is 2.48. The zero-order valence-electron chi connectivity index (χ0n) is 19.0. The number of carbonyl (C=O) groups excluding carboxylic acids is 1. The second-order valence-corrected chi connectivity index (χ2v) is 14.8. The van der Waals surface area contributed by atoms with E-state index in [4.69, 9.17) is 4.43 Å². The maximum atomic E-state index is 13.9. The van der Waals surface area contributed by atoms with Crippen molar-refractivity contribution in [1.82, 2.24) is 4.98 Å². The monoisotopic (exact) mass is 427 g/mol. The molecule has 1 aliphatic carbocycles. The van der Waals surface area contributed by atoms with Crippen LogP contribution in [-0.2, 0) is 4.43 Å². The molecule has 1 heterocycles.